The number of carbonyl (C=O) groups is 1. The predicted octanol–water partition coefficient (Wildman–Crippen LogP) is 3.99. The average molecular weight is 466 g/mol. The summed E-state index contributed by atoms with van der Waals surface area (Å²) in [7, 11) is -1.36. The first kappa shape index (κ1) is 25.9. The number of amides is 1. The minimum atomic E-state index is -1.36. The molecule has 9 nitrogen and oxygen atoms in total. The molecule has 2 heterocycles. The van der Waals surface area contributed by atoms with Gasteiger partial charge < -0.3 is 14.8 Å². The second-order valence-corrected chi connectivity index (χ2v) is 12.4. The normalized spacial score (nSPS) is 15.2. The van der Waals surface area contributed by atoms with Crippen LogP contribution in [0.5, 0.6) is 0 Å². The van der Waals surface area contributed by atoms with Crippen LogP contribution in [0.25, 0.3) is 5.65 Å². The third-order valence-electron chi connectivity index (χ3n) is 3.91. The molecule has 0 spiro atoms. The van der Waals surface area contributed by atoms with E-state index in [1.54, 1.807) is 43.7 Å². The number of imidazole rings is 1. The van der Waals surface area contributed by atoms with Gasteiger partial charge in [-0.25, -0.2) is 18.5 Å². The summed E-state index contributed by atoms with van der Waals surface area (Å²) in [5, 5.41) is 7.19. The van der Waals surface area contributed by atoms with E-state index in [2.05, 4.69) is 19.8 Å². The van der Waals surface area contributed by atoms with Gasteiger partial charge in [-0.3, -0.25) is 0 Å². The van der Waals surface area contributed by atoms with Crippen molar-refractivity contribution in [1.82, 2.24) is 19.9 Å². The van der Waals surface area contributed by atoms with Gasteiger partial charge in [-0.2, -0.15) is 9.50 Å². The molecule has 2 aromatic rings. The van der Waals surface area contributed by atoms with E-state index in [-0.39, 0.29) is 6.61 Å². The lowest BCUT2D eigenvalue weighted by molar-refractivity contribution is -0.0179. The SMILES string of the molecule is CC(C)(C)OC[C@H](NC(=O)OC(C)(C)C)c1cn2ncc(C=N[S@@](=O)C(C)(C)C)cc2n1. The van der Waals surface area contributed by atoms with Crippen molar-refractivity contribution in [2.75, 3.05) is 6.61 Å². The zero-order chi connectivity index (χ0) is 24.3. The van der Waals surface area contributed by atoms with Crippen LogP contribution in [0.15, 0.2) is 22.9 Å². The van der Waals surface area contributed by atoms with Crippen molar-refractivity contribution in [3.8, 4) is 0 Å². The van der Waals surface area contributed by atoms with E-state index >= 15 is 0 Å². The largest absolute Gasteiger partial charge is 0.444 e. The number of nitrogens with zero attached hydrogens (tertiary/aromatic N) is 4. The standard InChI is InChI=1S/C22H35N5O4S/c1-20(2,3)30-14-17(26-19(28)31-21(4,5)6)16-13-27-18(25-16)10-15(11-23-27)12-24-32(29)22(7,8)9/h10-13,17H,14H2,1-9H3,(H,26,28)/t17-,32-/m0/s1. The first-order chi connectivity index (χ1) is 14.5. The molecule has 32 heavy (non-hydrogen) atoms. The maximum atomic E-state index is 12.4. The Labute approximate surface area is 192 Å². The molecule has 1 amide bonds. The minimum Gasteiger partial charge on any atom is -0.444 e. The Morgan fingerprint density at radius 1 is 1.19 bits per heavy atom. The first-order valence-corrected chi connectivity index (χ1v) is 11.6. The lowest BCUT2D eigenvalue weighted by Crippen LogP contribution is -2.38. The molecular weight excluding hydrogens is 430 g/mol. The second-order valence-electron chi connectivity index (χ2n) is 10.5. The van der Waals surface area contributed by atoms with Crippen LogP contribution in [0.1, 0.15) is 79.6 Å². The third kappa shape index (κ3) is 8.31. The summed E-state index contributed by atoms with van der Waals surface area (Å²) in [5.74, 6) is 0. The van der Waals surface area contributed by atoms with Gasteiger partial charge in [0.25, 0.3) is 0 Å². The number of hydrogen-bond acceptors (Lipinski definition) is 6. The summed E-state index contributed by atoms with van der Waals surface area (Å²) in [5.41, 5.74) is 0.811. The zero-order valence-electron chi connectivity index (χ0n) is 20.4. The zero-order valence-corrected chi connectivity index (χ0v) is 21.2. The first-order valence-electron chi connectivity index (χ1n) is 10.5. The number of rotatable bonds is 6. The Bertz CT molecular complexity index is 996. The van der Waals surface area contributed by atoms with E-state index in [0.717, 1.165) is 0 Å². The van der Waals surface area contributed by atoms with Gasteiger partial charge in [-0.05, 0) is 68.4 Å². The lowest BCUT2D eigenvalue weighted by Gasteiger charge is -2.26. The molecule has 2 aromatic heterocycles. The van der Waals surface area contributed by atoms with Crippen molar-refractivity contribution >= 4 is 28.9 Å². The third-order valence-corrected chi connectivity index (χ3v) is 5.26. The van der Waals surface area contributed by atoms with Gasteiger partial charge in [0.05, 0.1) is 41.1 Å². The van der Waals surface area contributed by atoms with Crippen LogP contribution in [0.2, 0.25) is 0 Å². The van der Waals surface area contributed by atoms with E-state index in [4.69, 9.17) is 9.47 Å². The van der Waals surface area contributed by atoms with Crippen LogP contribution >= 0.6 is 0 Å². The molecule has 2 atom stereocenters. The molecule has 0 unspecified atom stereocenters. The summed E-state index contributed by atoms with van der Waals surface area (Å²) in [6.45, 7) is 17.0. The monoisotopic (exact) mass is 465 g/mol. The highest BCUT2D eigenvalue weighted by Gasteiger charge is 2.25. The molecule has 0 saturated heterocycles. The van der Waals surface area contributed by atoms with Crippen molar-refractivity contribution in [2.24, 2.45) is 4.40 Å². The molecule has 0 bridgehead atoms. The number of aromatic nitrogens is 3. The Hall–Kier alpha value is -2.33. The minimum absolute atomic E-state index is 0.214. The molecule has 178 valence electrons. The molecule has 0 fully saturated rings. The molecule has 0 radical (unpaired) electrons. The fourth-order valence-electron chi connectivity index (χ4n) is 2.40. The van der Waals surface area contributed by atoms with E-state index in [0.29, 0.717) is 16.9 Å². The fourth-order valence-corrected chi connectivity index (χ4v) is 2.93. The number of carbonyl (C=O) groups excluding carboxylic acids is 1. The van der Waals surface area contributed by atoms with Crippen LogP contribution in [0.3, 0.4) is 0 Å². The van der Waals surface area contributed by atoms with Gasteiger partial charge in [0, 0.05) is 11.8 Å². The highest BCUT2D eigenvalue weighted by Crippen LogP contribution is 2.19. The van der Waals surface area contributed by atoms with Crippen LogP contribution < -0.4 is 5.32 Å². The van der Waals surface area contributed by atoms with Crippen LogP contribution in [-0.2, 0) is 20.5 Å². The van der Waals surface area contributed by atoms with E-state index in [1.165, 1.54) is 6.21 Å². The molecule has 2 rings (SSSR count). The van der Waals surface area contributed by atoms with Gasteiger partial charge in [-0.15, -0.1) is 0 Å². The molecule has 0 aliphatic carbocycles. The molecule has 0 aliphatic rings. The lowest BCUT2D eigenvalue weighted by atomic mass is 10.2. The Balaban J connectivity index is 2.29. The smallest absolute Gasteiger partial charge is 0.408 e. The Morgan fingerprint density at radius 2 is 1.84 bits per heavy atom. The molecular formula is C22H35N5O4S. The van der Waals surface area contributed by atoms with Crippen molar-refractivity contribution in [1.29, 1.82) is 0 Å². The number of fused-ring (bicyclic) bond motifs is 1. The summed E-state index contributed by atoms with van der Waals surface area (Å²) >= 11 is 0. The maximum absolute atomic E-state index is 12.4. The quantitative estimate of drug-likeness (QED) is 0.647. The van der Waals surface area contributed by atoms with Crippen molar-refractivity contribution in [2.45, 2.75) is 84.3 Å². The number of ether oxygens (including phenoxy) is 2. The highest BCUT2D eigenvalue weighted by atomic mass is 32.2. The Kier molecular flexibility index (Phi) is 7.83. The van der Waals surface area contributed by atoms with Crippen LogP contribution in [0.4, 0.5) is 4.79 Å². The van der Waals surface area contributed by atoms with Gasteiger partial charge in [0.1, 0.15) is 16.6 Å². The summed E-state index contributed by atoms with van der Waals surface area (Å²) < 4.78 is 28.7. The maximum Gasteiger partial charge on any atom is 0.408 e. The molecule has 1 N–H and O–H groups in total. The van der Waals surface area contributed by atoms with Gasteiger partial charge in [0.2, 0.25) is 0 Å². The van der Waals surface area contributed by atoms with Crippen molar-refractivity contribution < 1.29 is 18.5 Å². The fraction of sp³-hybridized carbons (Fsp3) is 0.636. The number of hydrogen-bond donors (Lipinski definition) is 1. The second kappa shape index (κ2) is 9.66. The number of nitrogens with one attached hydrogen (secondary N) is 1. The summed E-state index contributed by atoms with van der Waals surface area (Å²) in [4.78, 5) is 17.0. The topological polar surface area (TPSA) is 107 Å². The average Bonchev–Trinajstić information content (AvgIpc) is 3.03. The van der Waals surface area contributed by atoms with E-state index in [1.807, 2.05) is 41.5 Å². The van der Waals surface area contributed by atoms with Crippen LogP contribution in [-0.4, -0.2) is 53.7 Å². The van der Waals surface area contributed by atoms with E-state index < -0.39 is 39.1 Å². The van der Waals surface area contributed by atoms with Crippen LogP contribution in [0, 0.1) is 0 Å². The van der Waals surface area contributed by atoms with Gasteiger partial charge in [-0.1, -0.05) is 0 Å². The number of alkyl carbamates (subject to hydrolysis) is 1. The molecule has 0 saturated carbocycles. The molecule has 0 aliphatic heterocycles. The molecule has 10 heteroatoms. The van der Waals surface area contributed by atoms with Gasteiger partial charge >= 0.3 is 6.09 Å². The van der Waals surface area contributed by atoms with Gasteiger partial charge in [0.15, 0.2) is 5.65 Å². The van der Waals surface area contributed by atoms with Crippen molar-refractivity contribution in [3.05, 3.63) is 29.7 Å². The van der Waals surface area contributed by atoms with Crippen molar-refractivity contribution in [3.63, 3.8) is 0 Å². The Morgan fingerprint density at radius 3 is 2.41 bits per heavy atom. The molecule has 0 aromatic carbocycles. The van der Waals surface area contributed by atoms with E-state index in [9.17, 15) is 9.00 Å². The summed E-state index contributed by atoms with van der Waals surface area (Å²) in [6, 6.07) is 1.26. The predicted molar refractivity (Wildman–Crippen MR) is 126 cm³/mol. The summed E-state index contributed by atoms with van der Waals surface area (Å²) in [6.07, 6.45) is 4.32. The highest BCUT2D eigenvalue weighted by molar-refractivity contribution is 7.85.